The van der Waals surface area contributed by atoms with E-state index in [-0.39, 0.29) is 37.5 Å². The highest BCUT2D eigenvalue weighted by Crippen LogP contribution is 2.11. The van der Waals surface area contributed by atoms with E-state index in [0.29, 0.717) is 25.7 Å². The molecule has 6 heteroatoms. The first-order chi connectivity index (χ1) is 23.0. The Hall–Kier alpha value is -2.37. The highest BCUT2D eigenvalue weighted by atomic mass is 16.6. The van der Waals surface area contributed by atoms with Crippen LogP contribution in [-0.2, 0) is 28.6 Å². The predicted octanol–water partition coefficient (Wildman–Crippen LogP) is 11.9. The number of allylic oxidation sites excluding steroid dienone is 6. The molecule has 0 saturated carbocycles. The van der Waals surface area contributed by atoms with Crippen LogP contribution in [0.25, 0.3) is 0 Å². The van der Waals surface area contributed by atoms with E-state index in [0.717, 1.165) is 51.4 Å². The van der Waals surface area contributed by atoms with Gasteiger partial charge in [-0.1, -0.05) is 128 Å². The summed E-state index contributed by atoms with van der Waals surface area (Å²) in [4.78, 5) is 37.3. The van der Waals surface area contributed by atoms with Gasteiger partial charge in [-0.15, -0.1) is 0 Å². The maximum atomic E-state index is 12.6. The lowest BCUT2D eigenvalue weighted by Gasteiger charge is -2.18. The van der Waals surface area contributed by atoms with Crippen LogP contribution in [0.15, 0.2) is 36.5 Å². The van der Waals surface area contributed by atoms with Gasteiger partial charge >= 0.3 is 17.9 Å². The van der Waals surface area contributed by atoms with Crippen molar-refractivity contribution in [3.05, 3.63) is 36.5 Å². The third kappa shape index (κ3) is 34.8. The van der Waals surface area contributed by atoms with Gasteiger partial charge in [0.2, 0.25) is 0 Å². The van der Waals surface area contributed by atoms with Crippen LogP contribution >= 0.6 is 0 Å². The lowest BCUT2D eigenvalue weighted by atomic mass is 10.1. The van der Waals surface area contributed by atoms with Crippen LogP contribution in [0, 0.1) is 0 Å². The first kappa shape index (κ1) is 44.6. The Balaban J connectivity index is 4.45. The van der Waals surface area contributed by atoms with Crippen LogP contribution in [-0.4, -0.2) is 37.2 Å². The Morgan fingerprint density at radius 2 is 0.745 bits per heavy atom. The van der Waals surface area contributed by atoms with Crippen molar-refractivity contribution in [3.8, 4) is 0 Å². The number of rotatable bonds is 34. The summed E-state index contributed by atoms with van der Waals surface area (Å²) in [6, 6.07) is 0. The SMILES string of the molecule is CCCC/C=C\CCCCCCCC(=O)OCC(COC(=O)CCC/C=C\CCCCCC)OC(=O)CCC/C=C\CCCCCC. The van der Waals surface area contributed by atoms with E-state index in [1.807, 2.05) is 0 Å². The normalized spacial score (nSPS) is 12.3. The molecule has 6 nitrogen and oxygen atoms in total. The number of carbonyl (C=O) groups is 3. The van der Waals surface area contributed by atoms with Crippen molar-refractivity contribution < 1.29 is 28.6 Å². The second kappa shape index (κ2) is 36.5. The van der Waals surface area contributed by atoms with Crippen molar-refractivity contribution in [1.82, 2.24) is 0 Å². The van der Waals surface area contributed by atoms with E-state index in [1.165, 1.54) is 83.5 Å². The van der Waals surface area contributed by atoms with Gasteiger partial charge in [-0.2, -0.15) is 0 Å². The summed E-state index contributed by atoms with van der Waals surface area (Å²) >= 11 is 0. The number of esters is 3. The molecule has 0 fully saturated rings. The minimum absolute atomic E-state index is 0.0966. The topological polar surface area (TPSA) is 78.9 Å². The molecule has 1 atom stereocenters. The fourth-order valence-electron chi connectivity index (χ4n) is 5.07. The van der Waals surface area contributed by atoms with Gasteiger partial charge in [0.05, 0.1) is 0 Å². The second-order valence-corrected chi connectivity index (χ2v) is 12.8. The molecular weight excluding hydrogens is 588 g/mol. The molecular formula is C41H72O6. The summed E-state index contributed by atoms with van der Waals surface area (Å²) < 4.78 is 16.5. The number of carbonyl (C=O) groups excluding carboxylic acids is 3. The molecule has 0 spiro atoms. The molecule has 0 aromatic heterocycles. The van der Waals surface area contributed by atoms with Crippen molar-refractivity contribution in [1.29, 1.82) is 0 Å². The zero-order valence-electron chi connectivity index (χ0n) is 30.8. The van der Waals surface area contributed by atoms with Crippen LogP contribution in [0.1, 0.15) is 188 Å². The minimum atomic E-state index is -0.794. The molecule has 0 aliphatic heterocycles. The van der Waals surface area contributed by atoms with E-state index in [9.17, 15) is 14.4 Å². The van der Waals surface area contributed by atoms with Crippen LogP contribution in [0.4, 0.5) is 0 Å². The molecule has 272 valence electrons. The van der Waals surface area contributed by atoms with Gasteiger partial charge in [0.25, 0.3) is 0 Å². The molecule has 0 radical (unpaired) electrons. The van der Waals surface area contributed by atoms with Gasteiger partial charge in [-0.3, -0.25) is 14.4 Å². The Morgan fingerprint density at radius 3 is 1.21 bits per heavy atom. The zero-order valence-corrected chi connectivity index (χ0v) is 30.8. The summed E-state index contributed by atoms with van der Waals surface area (Å²) in [6.07, 6.45) is 38.6. The number of ether oxygens (including phenoxy) is 3. The van der Waals surface area contributed by atoms with E-state index in [2.05, 4.69) is 57.2 Å². The summed E-state index contributed by atoms with van der Waals surface area (Å²) in [7, 11) is 0. The van der Waals surface area contributed by atoms with E-state index in [1.54, 1.807) is 0 Å². The molecule has 0 saturated heterocycles. The molecule has 0 heterocycles. The van der Waals surface area contributed by atoms with Gasteiger partial charge in [0.1, 0.15) is 13.2 Å². The third-order valence-electron chi connectivity index (χ3n) is 8.09. The molecule has 0 rings (SSSR count). The largest absolute Gasteiger partial charge is 0.462 e. The fourth-order valence-corrected chi connectivity index (χ4v) is 5.07. The molecule has 0 aromatic rings. The molecule has 1 unspecified atom stereocenters. The fraction of sp³-hybridized carbons (Fsp3) is 0.780. The van der Waals surface area contributed by atoms with Gasteiger partial charge in [0, 0.05) is 19.3 Å². The van der Waals surface area contributed by atoms with Crippen LogP contribution < -0.4 is 0 Å². The average Bonchev–Trinajstić information content (AvgIpc) is 3.06. The number of unbranched alkanes of at least 4 members (excludes halogenated alkanes) is 17. The Labute approximate surface area is 289 Å². The summed E-state index contributed by atoms with van der Waals surface area (Å²) in [5.41, 5.74) is 0. The second-order valence-electron chi connectivity index (χ2n) is 12.8. The highest BCUT2D eigenvalue weighted by molar-refractivity contribution is 5.71. The molecule has 0 bridgehead atoms. The van der Waals surface area contributed by atoms with Crippen LogP contribution in [0.2, 0.25) is 0 Å². The molecule has 0 amide bonds. The Bertz CT molecular complexity index is 815. The summed E-state index contributed by atoms with van der Waals surface area (Å²) in [6.45, 7) is 6.44. The molecule has 0 N–H and O–H groups in total. The lowest BCUT2D eigenvalue weighted by molar-refractivity contribution is -0.167. The quantitative estimate of drug-likeness (QED) is 0.0296. The minimum Gasteiger partial charge on any atom is -0.462 e. The Morgan fingerprint density at radius 1 is 0.404 bits per heavy atom. The maximum absolute atomic E-state index is 12.6. The highest BCUT2D eigenvalue weighted by Gasteiger charge is 2.19. The number of hydrogen-bond acceptors (Lipinski definition) is 6. The Kier molecular flexibility index (Phi) is 34.6. The average molecular weight is 661 g/mol. The number of hydrogen-bond donors (Lipinski definition) is 0. The first-order valence-corrected chi connectivity index (χ1v) is 19.5. The maximum Gasteiger partial charge on any atom is 0.306 e. The monoisotopic (exact) mass is 661 g/mol. The van der Waals surface area contributed by atoms with E-state index in [4.69, 9.17) is 14.2 Å². The van der Waals surface area contributed by atoms with Gasteiger partial charge < -0.3 is 14.2 Å². The first-order valence-electron chi connectivity index (χ1n) is 19.5. The van der Waals surface area contributed by atoms with Crippen molar-refractivity contribution in [2.75, 3.05) is 13.2 Å². The predicted molar refractivity (Wildman–Crippen MR) is 196 cm³/mol. The molecule has 0 aromatic carbocycles. The zero-order chi connectivity index (χ0) is 34.5. The third-order valence-corrected chi connectivity index (χ3v) is 8.09. The van der Waals surface area contributed by atoms with Crippen molar-refractivity contribution in [2.24, 2.45) is 0 Å². The van der Waals surface area contributed by atoms with E-state index < -0.39 is 6.10 Å². The standard InChI is InChI=1S/C41H72O6/c1-4-7-10-13-16-19-20-23-25-28-31-34-40(43)46-37-38(47-41(44)35-32-29-26-22-18-15-12-9-6-3)36-45-39(42)33-30-27-24-21-17-14-11-8-5-2/h13,16,21-22,24,26,38H,4-12,14-15,17-20,23,25,27-37H2,1-3H3/b16-13-,24-21-,26-22-. The molecule has 0 aliphatic carbocycles. The summed E-state index contributed by atoms with van der Waals surface area (Å²) in [5.74, 6) is -0.987. The van der Waals surface area contributed by atoms with Crippen LogP contribution in [0.3, 0.4) is 0 Å². The molecule has 0 aliphatic rings. The van der Waals surface area contributed by atoms with Gasteiger partial charge in [0.15, 0.2) is 6.10 Å². The van der Waals surface area contributed by atoms with Crippen LogP contribution in [0.5, 0.6) is 0 Å². The smallest absolute Gasteiger partial charge is 0.306 e. The van der Waals surface area contributed by atoms with Gasteiger partial charge in [-0.25, -0.2) is 0 Å². The van der Waals surface area contributed by atoms with E-state index >= 15 is 0 Å². The van der Waals surface area contributed by atoms with Gasteiger partial charge in [-0.05, 0) is 77.0 Å². The van der Waals surface area contributed by atoms with Crippen molar-refractivity contribution >= 4 is 17.9 Å². The van der Waals surface area contributed by atoms with Crippen molar-refractivity contribution in [3.63, 3.8) is 0 Å². The van der Waals surface area contributed by atoms with Crippen molar-refractivity contribution in [2.45, 2.75) is 194 Å². The summed E-state index contributed by atoms with van der Waals surface area (Å²) in [5, 5.41) is 0. The lowest BCUT2D eigenvalue weighted by Crippen LogP contribution is -2.30. The molecule has 47 heavy (non-hydrogen) atoms.